The van der Waals surface area contributed by atoms with Gasteiger partial charge < -0.3 is 24.4 Å². The molecule has 0 spiro atoms. The first-order valence-electron chi connectivity index (χ1n) is 7.68. The van der Waals surface area contributed by atoms with E-state index in [1.807, 2.05) is 6.07 Å². The summed E-state index contributed by atoms with van der Waals surface area (Å²) in [6.45, 7) is 6.48. The molecule has 1 aliphatic rings. The monoisotopic (exact) mass is 295 g/mol. The molecule has 0 aromatic heterocycles. The molecule has 1 unspecified atom stereocenters. The van der Waals surface area contributed by atoms with E-state index >= 15 is 0 Å². The molecule has 1 fully saturated rings. The highest BCUT2D eigenvalue weighted by Crippen LogP contribution is 2.12. The van der Waals surface area contributed by atoms with Gasteiger partial charge in [-0.1, -0.05) is 18.2 Å². The molecule has 2 rings (SSSR count). The molecule has 5 heteroatoms. The van der Waals surface area contributed by atoms with Crippen LogP contribution in [0.5, 0.6) is 0 Å². The Bertz CT molecular complexity index is 380. The van der Waals surface area contributed by atoms with Crippen LogP contribution in [0, 0.1) is 0 Å². The van der Waals surface area contributed by atoms with E-state index in [0.717, 1.165) is 32.7 Å². The lowest BCUT2D eigenvalue weighted by molar-refractivity contribution is -0.903. The highest BCUT2D eigenvalue weighted by molar-refractivity contribution is 5.45. The molecule has 1 atom stereocenters. The van der Waals surface area contributed by atoms with Crippen molar-refractivity contribution in [2.75, 3.05) is 64.6 Å². The predicted octanol–water partition coefficient (Wildman–Crippen LogP) is -0.585. The minimum absolute atomic E-state index is 0.389. The summed E-state index contributed by atoms with van der Waals surface area (Å²) in [6.07, 6.45) is -0.389. The maximum absolute atomic E-state index is 9.98. The Morgan fingerprint density at radius 2 is 1.90 bits per heavy atom. The minimum atomic E-state index is -0.389. The Balaban J connectivity index is 1.65. The predicted molar refractivity (Wildman–Crippen MR) is 82.9 cm³/mol. The number of nitrogens with one attached hydrogen (secondary N) is 1. The normalized spacial score (nSPS) is 17.9. The summed E-state index contributed by atoms with van der Waals surface area (Å²) in [5, 5.41) is 9.98. The number of anilines is 1. The molecule has 1 saturated heterocycles. The van der Waals surface area contributed by atoms with Gasteiger partial charge in [0.1, 0.15) is 12.6 Å². The number of para-hydroxylation sites is 1. The SMILES string of the molecule is COCCOCC(O)C[NH+]1CCN(c2ccccc2)CC1. The molecule has 0 aliphatic carbocycles. The third kappa shape index (κ3) is 5.63. The Morgan fingerprint density at radius 1 is 1.19 bits per heavy atom. The number of ether oxygens (including phenoxy) is 2. The van der Waals surface area contributed by atoms with Crippen molar-refractivity contribution in [1.29, 1.82) is 0 Å². The van der Waals surface area contributed by atoms with Crippen molar-refractivity contribution in [2.24, 2.45) is 0 Å². The maximum Gasteiger partial charge on any atom is 0.126 e. The molecular formula is C16H27N2O3+. The Hall–Kier alpha value is -1.14. The first kappa shape index (κ1) is 16.2. The van der Waals surface area contributed by atoms with E-state index in [-0.39, 0.29) is 6.10 Å². The van der Waals surface area contributed by atoms with Crippen LogP contribution in [0.4, 0.5) is 5.69 Å². The van der Waals surface area contributed by atoms with E-state index in [2.05, 4.69) is 29.2 Å². The van der Waals surface area contributed by atoms with Crippen molar-refractivity contribution in [1.82, 2.24) is 0 Å². The highest BCUT2D eigenvalue weighted by atomic mass is 16.5. The third-order valence-corrected chi connectivity index (χ3v) is 3.86. The first-order valence-corrected chi connectivity index (χ1v) is 7.68. The summed E-state index contributed by atoms with van der Waals surface area (Å²) in [7, 11) is 1.65. The van der Waals surface area contributed by atoms with Gasteiger partial charge in [-0.15, -0.1) is 0 Å². The average molecular weight is 295 g/mol. The number of rotatable bonds is 8. The number of hydrogen-bond acceptors (Lipinski definition) is 4. The minimum Gasteiger partial charge on any atom is -0.385 e. The van der Waals surface area contributed by atoms with Crippen LogP contribution in [-0.2, 0) is 9.47 Å². The molecule has 2 N–H and O–H groups in total. The molecule has 21 heavy (non-hydrogen) atoms. The lowest BCUT2D eigenvalue weighted by Gasteiger charge is -2.34. The van der Waals surface area contributed by atoms with Crippen LogP contribution in [0.2, 0.25) is 0 Å². The smallest absolute Gasteiger partial charge is 0.126 e. The number of benzene rings is 1. The lowest BCUT2D eigenvalue weighted by Crippen LogP contribution is -3.16. The zero-order chi connectivity index (χ0) is 14.9. The van der Waals surface area contributed by atoms with E-state index in [9.17, 15) is 5.11 Å². The molecule has 1 aliphatic heterocycles. The van der Waals surface area contributed by atoms with Crippen LogP contribution in [0.3, 0.4) is 0 Å². The van der Waals surface area contributed by atoms with Crippen molar-refractivity contribution in [3.63, 3.8) is 0 Å². The van der Waals surface area contributed by atoms with Crippen LogP contribution < -0.4 is 9.80 Å². The van der Waals surface area contributed by atoms with Crippen molar-refractivity contribution < 1.29 is 19.5 Å². The number of methoxy groups -OCH3 is 1. The van der Waals surface area contributed by atoms with Gasteiger partial charge in [-0.2, -0.15) is 0 Å². The zero-order valence-electron chi connectivity index (χ0n) is 12.8. The number of aliphatic hydroxyl groups excluding tert-OH is 1. The lowest BCUT2D eigenvalue weighted by atomic mass is 10.2. The number of piperazine rings is 1. The summed E-state index contributed by atoms with van der Waals surface area (Å²) >= 11 is 0. The third-order valence-electron chi connectivity index (χ3n) is 3.86. The quantitative estimate of drug-likeness (QED) is 0.630. The summed E-state index contributed by atoms with van der Waals surface area (Å²) in [4.78, 5) is 3.86. The zero-order valence-corrected chi connectivity index (χ0v) is 12.8. The molecular weight excluding hydrogens is 268 g/mol. The van der Waals surface area contributed by atoms with Gasteiger partial charge in [0.25, 0.3) is 0 Å². The van der Waals surface area contributed by atoms with Gasteiger partial charge >= 0.3 is 0 Å². The van der Waals surface area contributed by atoms with Crippen molar-refractivity contribution in [2.45, 2.75) is 6.10 Å². The van der Waals surface area contributed by atoms with Gasteiger partial charge in [0, 0.05) is 12.8 Å². The van der Waals surface area contributed by atoms with E-state index in [4.69, 9.17) is 9.47 Å². The van der Waals surface area contributed by atoms with Crippen LogP contribution >= 0.6 is 0 Å². The maximum atomic E-state index is 9.98. The van der Waals surface area contributed by atoms with Gasteiger partial charge in [0.15, 0.2) is 0 Å². The molecule has 0 saturated carbocycles. The standard InChI is InChI=1S/C16H26N2O3/c1-20-11-12-21-14-16(19)13-17-7-9-18(10-8-17)15-5-3-2-4-6-15/h2-6,16,19H,7-14H2,1H3/p+1. The second kappa shape index (κ2) is 9.00. The highest BCUT2D eigenvalue weighted by Gasteiger charge is 2.22. The van der Waals surface area contributed by atoms with Crippen molar-refractivity contribution in [3.05, 3.63) is 30.3 Å². The number of quaternary nitrogens is 1. The van der Waals surface area contributed by atoms with Crippen molar-refractivity contribution in [3.8, 4) is 0 Å². The molecule has 0 bridgehead atoms. The van der Waals surface area contributed by atoms with Crippen LogP contribution in [0.15, 0.2) is 30.3 Å². The van der Waals surface area contributed by atoms with E-state index in [1.54, 1.807) is 7.11 Å². The molecule has 1 aromatic carbocycles. The Labute approximate surface area is 127 Å². The van der Waals surface area contributed by atoms with Crippen LogP contribution in [0.25, 0.3) is 0 Å². The topological polar surface area (TPSA) is 46.4 Å². The molecule has 1 aromatic rings. The fraction of sp³-hybridized carbons (Fsp3) is 0.625. The fourth-order valence-electron chi connectivity index (χ4n) is 2.68. The second-order valence-corrected chi connectivity index (χ2v) is 5.50. The molecule has 5 nitrogen and oxygen atoms in total. The number of nitrogens with zero attached hydrogens (tertiary/aromatic N) is 1. The van der Waals surface area contributed by atoms with Gasteiger partial charge in [-0.3, -0.25) is 0 Å². The largest absolute Gasteiger partial charge is 0.385 e. The molecule has 118 valence electrons. The Morgan fingerprint density at radius 3 is 2.57 bits per heavy atom. The fourth-order valence-corrected chi connectivity index (χ4v) is 2.68. The van der Waals surface area contributed by atoms with Gasteiger partial charge in [-0.05, 0) is 12.1 Å². The van der Waals surface area contributed by atoms with Crippen LogP contribution in [-0.4, -0.2) is 70.9 Å². The van der Waals surface area contributed by atoms with E-state index < -0.39 is 0 Å². The van der Waals surface area contributed by atoms with Crippen LogP contribution in [0.1, 0.15) is 0 Å². The first-order chi connectivity index (χ1) is 10.3. The molecule has 1 heterocycles. The molecule has 0 amide bonds. The molecule has 0 radical (unpaired) electrons. The second-order valence-electron chi connectivity index (χ2n) is 5.50. The van der Waals surface area contributed by atoms with Crippen molar-refractivity contribution >= 4 is 5.69 Å². The van der Waals surface area contributed by atoms with E-state index in [0.29, 0.717) is 19.8 Å². The van der Waals surface area contributed by atoms with Gasteiger partial charge in [0.2, 0.25) is 0 Å². The summed E-state index contributed by atoms with van der Waals surface area (Å²) in [6, 6.07) is 10.5. The van der Waals surface area contributed by atoms with E-state index in [1.165, 1.54) is 10.6 Å². The van der Waals surface area contributed by atoms with Gasteiger partial charge in [-0.25, -0.2) is 0 Å². The average Bonchev–Trinajstić information content (AvgIpc) is 2.53. The number of hydrogen-bond donors (Lipinski definition) is 2. The summed E-state index contributed by atoms with van der Waals surface area (Å²) in [5.74, 6) is 0. The van der Waals surface area contributed by atoms with Gasteiger partial charge in [0.05, 0.1) is 46.0 Å². The summed E-state index contributed by atoms with van der Waals surface area (Å²) in [5.41, 5.74) is 1.29. The Kier molecular flexibility index (Phi) is 6.95. The number of aliphatic hydroxyl groups is 1. The summed E-state index contributed by atoms with van der Waals surface area (Å²) < 4.78 is 10.3.